The van der Waals surface area contributed by atoms with Crippen molar-refractivity contribution in [2.75, 3.05) is 13.7 Å². The van der Waals surface area contributed by atoms with E-state index < -0.39 is 0 Å². The minimum Gasteiger partial charge on any atom is -0.385 e. The number of hydrogen-bond donors (Lipinski definition) is 0. The van der Waals surface area contributed by atoms with Crippen molar-refractivity contribution in [1.29, 1.82) is 0 Å². The van der Waals surface area contributed by atoms with E-state index in [1.165, 1.54) is 11.8 Å². The summed E-state index contributed by atoms with van der Waals surface area (Å²) < 4.78 is 12.6. The molecular formula is C19H24ClN5O2S. The molecular weight excluding hydrogens is 398 g/mol. The third-order valence-corrected chi connectivity index (χ3v) is 5.31. The lowest BCUT2D eigenvalue weighted by atomic mass is 9.96. The Balaban J connectivity index is 1.82. The number of rotatable bonds is 8. The van der Waals surface area contributed by atoms with E-state index in [0.29, 0.717) is 29.1 Å². The Morgan fingerprint density at radius 1 is 1.21 bits per heavy atom. The molecule has 0 aliphatic rings. The molecule has 0 fully saturated rings. The molecule has 2 aromatic heterocycles. The van der Waals surface area contributed by atoms with Gasteiger partial charge in [-0.25, -0.2) is 0 Å². The summed E-state index contributed by atoms with van der Waals surface area (Å²) in [6.45, 7) is 7.54. The molecule has 9 heteroatoms. The SMILES string of the molecule is COCCCn1c(SCc2nc(C(C)(C)C)no2)nnc1-c1ccccc1Cl. The maximum Gasteiger partial charge on any atom is 0.237 e. The van der Waals surface area contributed by atoms with Crippen molar-refractivity contribution in [1.82, 2.24) is 24.9 Å². The van der Waals surface area contributed by atoms with Crippen LogP contribution in [0.2, 0.25) is 5.02 Å². The number of benzene rings is 1. The molecule has 0 spiro atoms. The quantitative estimate of drug-likeness (QED) is 0.388. The second-order valence-electron chi connectivity index (χ2n) is 7.33. The van der Waals surface area contributed by atoms with Crippen molar-refractivity contribution in [2.24, 2.45) is 0 Å². The highest BCUT2D eigenvalue weighted by molar-refractivity contribution is 7.98. The number of halogens is 1. The van der Waals surface area contributed by atoms with Crippen molar-refractivity contribution < 1.29 is 9.26 Å². The van der Waals surface area contributed by atoms with E-state index in [0.717, 1.165) is 29.5 Å². The predicted octanol–water partition coefficient (Wildman–Crippen LogP) is 4.61. The molecule has 7 nitrogen and oxygen atoms in total. The van der Waals surface area contributed by atoms with Gasteiger partial charge in [-0.05, 0) is 18.6 Å². The summed E-state index contributed by atoms with van der Waals surface area (Å²) in [4.78, 5) is 4.48. The highest BCUT2D eigenvalue weighted by Crippen LogP contribution is 2.30. The number of aromatic nitrogens is 5. The first-order chi connectivity index (χ1) is 13.4. The smallest absolute Gasteiger partial charge is 0.237 e. The Kier molecular flexibility index (Phi) is 6.74. The molecule has 150 valence electrons. The second kappa shape index (κ2) is 9.07. The third-order valence-electron chi connectivity index (χ3n) is 4.03. The number of thioether (sulfide) groups is 1. The van der Waals surface area contributed by atoms with Crippen LogP contribution in [0.4, 0.5) is 0 Å². The van der Waals surface area contributed by atoms with Crippen LogP contribution in [-0.4, -0.2) is 38.6 Å². The standard InChI is InChI=1S/C19H24ClN5O2S/c1-19(2,3)17-21-15(27-24-17)12-28-18-23-22-16(25(18)10-7-11-26-4)13-8-5-6-9-14(13)20/h5-6,8-9H,7,10-12H2,1-4H3. The molecule has 0 aliphatic heterocycles. The van der Waals surface area contributed by atoms with Gasteiger partial charge in [0.2, 0.25) is 5.89 Å². The highest BCUT2D eigenvalue weighted by atomic mass is 35.5. The summed E-state index contributed by atoms with van der Waals surface area (Å²) >= 11 is 7.89. The van der Waals surface area contributed by atoms with E-state index in [-0.39, 0.29) is 5.41 Å². The average Bonchev–Trinajstić information content (AvgIpc) is 3.28. The van der Waals surface area contributed by atoms with Crippen LogP contribution in [0.5, 0.6) is 0 Å². The Bertz CT molecular complexity index is 919. The minimum atomic E-state index is -0.149. The number of methoxy groups -OCH3 is 1. The van der Waals surface area contributed by atoms with Gasteiger partial charge in [-0.2, -0.15) is 4.98 Å². The molecule has 0 amide bonds. The Morgan fingerprint density at radius 2 is 2.00 bits per heavy atom. The Morgan fingerprint density at radius 3 is 2.68 bits per heavy atom. The second-order valence-corrected chi connectivity index (χ2v) is 8.68. The van der Waals surface area contributed by atoms with Gasteiger partial charge in [-0.15, -0.1) is 10.2 Å². The zero-order chi connectivity index (χ0) is 20.1. The molecule has 0 aliphatic carbocycles. The van der Waals surface area contributed by atoms with E-state index in [2.05, 4.69) is 45.7 Å². The summed E-state index contributed by atoms with van der Waals surface area (Å²) in [6.07, 6.45) is 0.842. The maximum absolute atomic E-state index is 6.37. The summed E-state index contributed by atoms with van der Waals surface area (Å²) in [7, 11) is 1.69. The summed E-state index contributed by atoms with van der Waals surface area (Å²) in [5.41, 5.74) is 0.706. The van der Waals surface area contributed by atoms with Gasteiger partial charge in [0.25, 0.3) is 0 Å². The molecule has 3 aromatic rings. The zero-order valence-corrected chi connectivity index (χ0v) is 18.0. The molecule has 0 N–H and O–H groups in total. The van der Waals surface area contributed by atoms with Gasteiger partial charge in [0.15, 0.2) is 16.8 Å². The van der Waals surface area contributed by atoms with Gasteiger partial charge in [-0.3, -0.25) is 0 Å². The molecule has 0 saturated heterocycles. The van der Waals surface area contributed by atoms with Gasteiger partial charge in [0, 0.05) is 31.2 Å². The van der Waals surface area contributed by atoms with Crippen molar-refractivity contribution >= 4 is 23.4 Å². The van der Waals surface area contributed by atoms with Crippen LogP contribution >= 0.6 is 23.4 Å². The fourth-order valence-electron chi connectivity index (χ4n) is 2.55. The van der Waals surface area contributed by atoms with E-state index in [4.69, 9.17) is 20.9 Å². The number of ether oxygens (including phenoxy) is 1. The minimum absolute atomic E-state index is 0.149. The monoisotopic (exact) mass is 421 g/mol. The molecule has 0 atom stereocenters. The topological polar surface area (TPSA) is 78.9 Å². The highest BCUT2D eigenvalue weighted by Gasteiger charge is 2.22. The Hall–Kier alpha value is -1.90. The number of hydrogen-bond acceptors (Lipinski definition) is 7. The first kappa shape index (κ1) is 20.8. The molecule has 2 heterocycles. The van der Waals surface area contributed by atoms with Gasteiger partial charge < -0.3 is 13.8 Å². The van der Waals surface area contributed by atoms with Gasteiger partial charge in [0.1, 0.15) is 0 Å². The van der Waals surface area contributed by atoms with Crippen LogP contribution in [-0.2, 0) is 22.4 Å². The van der Waals surface area contributed by atoms with E-state index >= 15 is 0 Å². The maximum atomic E-state index is 6.37. The Labute approximate surface area is 173 Å². The summed E-state index contributed by atoms with van der Waals surface area (Å²) in [5.74, 6) is 2.53. The van der Waals surface area contributed by atoms with Crippen LogP contribution in [0, 0.1) is 0 Å². The van der Waals surface area contributed by atoms with Crippen molar-refractivity contribution in [2.45, 2.75) is 50.1 Å². The molecule has 3 rings (SSSR count). The van der Waals surface area contributed by atoms with Crippen molar-refractivity contribution in [3.63, 3.8) is 0 Å². The molecule has 0 bridgehead atoms. The molecule has 0 radical (unpaired) electrons. The lowest BCUT2D eigenvalue weighted by Crippen LogP contribution is -2.13. The van der Waals surface area contributed by atoms with Crippen LogP contribution in [0.3, 0.4) is 0 Å². The first-order valence-electron chi connectivity index (χ1n) is 9.03. The zero-order valence-electron chi connectivity index (χ0n) is 16.5. The fraction of sp³-hybridized carbons (Fsp3) is 0.474. The summed E-state index contributed by atoms with van der Waals surface area (Å²) in [6, 6.07) is 7.63. The third kappa shape index (κ3) is 4.92. The summed E-state index contributed by atoms with van der Waals surface area (Å²) in [5, 5.41) is 14.2. The molecule has 0 unspecified atom stereocenters. The lowest BCUT2D eigenvalue weighted by molar-refractivity contribution is 0.189. The lowest BCUT2D eigenvalue weighted by Gasteiger charge is -2.11. The van der Waals surface area contributed by atoms with Crippen LogP contribution < -0.4 is 0 Å². The van der Waals surface area contributed by atoms with Crippen molar-refractivity contribution in [3.8, 4) is 11.4 Å². The normalized spacial score (nSPS) is 11.9. The first-order valence-corrected chi connectivity index (χ1v) is 10.4. The molecule has 0 saturated carbocycles. The fourth-order valence-corrected chi connectivity index (χ4v) is 3.57. The molecule has 1 aromatic carbocycles. The van der Waals surface area contributed by atoms with Gasteiger partial charge in [-0.1, -0.05) is 61.4 Å². The van der Waals surface area contributed by atoms with Crippen molar-refractivity contribution in [3.05, 3.63) is 41.0 Å². The van der Waals surface area contributed by atoms with Gasteiger partial charge >= 0.3 is 0 Å². The van der Waals surface area contributed by atoms with Crippen LogP contribution in [0.15, 0.2) is 33.9 Å². The van der Waals surface area contributed by atoms with Crippen LogP contribution in [0.25, 0.3) is 11.4 Å². The van der Waals surface area contributed by atoms with E-state index in [1.807, 2.05) is 24.3 Å². The van der Waals surface area contributed by atoms with Crippen LogP contribution in [0.1, 0.15) is 38.9 Å². The average molecular weight is 422 g/mol. The predicted molar refractivity (Wildman–Crippen MR) is 110 cm³/mol. The van der Waals surface area contributed by atoms with Gasteiger partial charge in [0.05, 0.1) is 10.8 Å². The largest absolute Gasteiger partial charge is 0.385 e. The van der Waals surface area contributed by atoms with E-state index in [9.17, 15) is 0 Å². The number of nitrogens with zero attached hydrogens (tertiary/aromatic N) is 5. The van der Waals surface area contributed by atoms with E-state index in [1.54, 1.807) is 7.11 Å². The molecule has 28 heavy (non-hydrogen) atoms.